The van der Waals surface area contributed by atoms with Crippen LogP contribution in [-0.2, 0) is 25.7 Å². The van der Waals surface area contributed by atoms with E-state index < -0.39 is 53.7 Å². The van der Waals surface area contributed by atoms with Crippen molar-refractivity contribution in [1.82, 2.24) is 25.8 Å². The molecule has 318 valence electrons. The lowest BCUT2D eigenvalue weighted by molar-refractivity contribution is -0.144. The van der Waals surface area contributed by atoms with Crippen molar-refractivity contribution in [3.05, 3.63) is 143 Å². The van der Waals surface area contributed by atoms with E-state index in [2.05, 4.69) is 52.1 Å². The Morgan fingerprint density at radius 3 is 2.10 bits per heavy atom. The number of allylic oxidation sites excluding steroid dienone is 1. The molecule has 2 heterocycles. The normalized spacial score (nSPS) is 16.0. The molecule has 0 radical (unpaired) electrons. The fourth-order valence-electron chi connectivity index (χ4n) is 7.56. The number of nitrogens with zero attached hydrogens (tertiary/aromatic N) is 2. The van der Waals surface area contributed by atoms with Crippen molar-refractivity contribution in [3.63, 3.8) is 0 Å². The molecule has 1 saturated heterocycles. The van der Waals surface area contributed by atoms with Crippen LogP contribution in [0.3, 0.4) is 0 Å². The molecule has 1 fully saturated rings. The second-order valence-electron chi connectivity index (χ2n) is 16.3. The van der Waals surface area contributed by atoms with E-state index in [0.29, 0.717) is 5.75 Å². The molecule has 1 aliphatic rings. The predicted octanol–water partition coefficient (Wildman–Crippen LogP) is 7.18. The largest absolute Gasteiger partial charge is 0.492 e. The van der Waals surface area contributed by atoms with Gasteiger partial charge in [-0.1, -0.05) is 125 Å². The van der Waals surface area contributed by atoms with E-state index in [-0.39, 0.29) is 32.7 Å². The van der Waals surface area contributed by atoms with E-state index in [1.165, 1.54) is 16.0 Å². The van der Waals surface area contributed by atoms with Crippen LogP contribution in [0.1, 0.15) is 74.9 Å². The third-order valence-electron chi connectivity index (χ3n) is 10.7. The van der Waals surface area contributed by atoms with Crippen molar-refractivity contribution in [1.29, 1.82) is 0 Å². The first-order chi connectivity index (χ1) is 29.3. The summed E-state index contributed by atoms with van der Waals surface area (Å²) in [5.41, 5.74) is 9.67. The summed E-state index contributed by atoms with van der Waals surface area (Å²) < 4.78 is 5.94. The molecule has 0 unspecified atom stereocenters. The summed E-state index contributed by atoms with van der Waals surface area (Å²) in [4.78, 5) is 60.2. The summed E-state index contributed by atoms with van der Waals surface area (Å²) in [5.74, 6) is -1.41. The van der Waals surface area contributed by atoms with Gasteiger partial charge >= 0.3 is 0 Å². The molecule has 12 heteroatoms. The van der Waals surface area contributed by atoms with Gasteiger partial charge in [-0.2, -0.15) is 0 Å². The Kier molecular flexibility index (Phi) is 14.9. The zero-order valence-electron chi connectivity index (χ0n) is 35.4. The van der Waals surface area contributed by atoms with E-state index in [1.807, 2.05) is 97.4 Å². The number of likely N-dealkylation sites (tertiary alicyclic amines) is 1. The van der Waals surface area contributed by atoms with Crippen molar-refractivity contribution >= 4 is 46.1 Å². The van der Waals surface area contributed by atoms with E-state index in [9.17, 15) is 24.3 Å². The minimum Gasteiger partial charge on any atom is -0.492 e. The zero-order chi connectivity index (χ0) is 43.5. The minimum atomic E-state index is -1.05. The number of ether oxygens (including phenoxy) is 1. The molecule has 6 rings (SSSR count). The lowest BCUT2D eigenvalue weighted by Gasteiger charge is -2.35. The topological polar surface area (TPSA) is 150 Å². The number of hydrogen-bond donors (Lipinski definition) is 4. The number of hydrogen-bond acceptors (Lipinski definition) is 8. The molecule has 0 aliphatic carbocycles. The number of amides is 4. The van der Waals surface area contributed by atoms with Gasteiger partial charge in [-0.05, 0) is 69.9 Å². The van der Waals surface area contributed by atoms with Crippen molar-refractivity contribution in [2.75, 3.05) is 19.7 Å². The Morgan fingerprint density at radius 1 is 0.852 bits per heavy atom. The minimum absolute atomic E-state index is 0.0518. The first kappa shape index (κ1) is 44.4. The highest BCUT2D eigenvalue weighted by atomic mass is 32.1. The van der Waals surface area contributed by atoms with Crippen LogP contribution < -0.4 is 20.7 Å². The monoisotopic (exact) mass is 841 g/mol. The first-order valence-corrected chi connectivity index (χ1v) is 21.6. The van der Waals surface area contributed by atoms with Gasteiger partial charge in [0.1, 0.15) is 30.9 Å². The van der Waals surface area contributed by atoms with Gasteiger partial charge in [-0.15, -0.1) is 11.3 Å². The maximum Gasteiger partial charge on any atom is 0.246 e. The molecule has 4 aromatic carbocycles. The van der Waals surface area contributed by atoms with E-state index in [4.69, 9.17) is 4.74 Å². The van der Waals surface area contributed by atoms with Crippen LogP contribution in [0.5, 0.6) is 5.75 Å². The fourth-order valence-corrected chi connectivity index (χ4v) is 8.37. The highest BCUT2D eigenvalue weighted by Crippen LogP contribution is 2.35. The summed E-state index contributed by atoms with van der Waals surface area (Å²) in [6.45, 7) is 10.0. The van der Waals surface area contributed by atoms with Gasteiger partial charge in [0.2, 0.25) is 23.6 Å². The first-order valence-electron chi connectivity index (χ1n) is 20.7. The molecule has 3 atom stereocenters. The number of aliphatic hydroxyl groups is 1. The quantitative estimate of drug-likeness (QED) is 0.0467. The Labute approximate surface area is 362 Å². The van der Waals surface area contributed by atoms with Crippen LogP contribution in [0.15, 0.2) is 115 Å². The second-order valence-corrected chi connectivity index (χ2v) is 17.1. The summed E-state index contributed by atoms with van der Waals surface area (Å²) in [7, 11) is 0. The smallest absolute Gasteiger partial charge is 0.246 e. The van der Waals surface area contributed by atoms with Crippen molar-refractivity contribution in [2.45, 2.75) is 78.6 Å². The highest BCUT2D eigenvalue weighted by molar-refractivity contribution is 7.13. The van der Waals surface area contributed by atoms with E-state index >= 15 is 0 Å². The Bertz CT molecular complexity index is 2300. The average molecular weight is 842 g/mol. The van der Waals surface area contributed by atoms with E-state index in [1.54, 1.807) is 32.1 Å². The highest BCUT2D eigenvalue weighted by Gasteiger charge is 2.44. The number of carbonyl (C=O) groups is 4. The van der Waals surface area contributed by atoms with Crippen molar-refractivity contribution in [3.8, 4) is 16.2 Å². The van der Waals surface area contributed by atoms with Gasteiger partial charge in [0, 0.05) is 19.5 Å². The maximum absolute atomic E-state index is 14.0. The summed E-state index contributed by atoms with van der Waals surface area (Å²) >= 11 is 1.57. The number of β-amino-alcohol motifs (C(OH)–C–C–N with tert-alkyl or cyclic N) is 1. The number of aryl methyl sites for hydroxylation is 1. The van der Waals surface area contributed by atoms with Crippen molar-refractivity contribution in [2.24, 2.45) is 5.41 Å². The summed E-state index contributed by atoms with van der Waals surface area (Å²) in [6, 6.07) is 34.4. The molecule has 5 aromatic rings. The predicted molar refractivity (Wildman–Crippen MR) is 240 cm³/mol. The molecule has 0 saturated carbocycles. The average Bonchev–Trinajstić information content (AvgIpc) is 3.88. The molecule has 4 amide bonds. The van der Waals surface area contributed by atoms with Crippen LogP contribution in [0.25, 0.3) is 21.6 Å². The maximum atomic E-state index is 14.0. The van der Waals surface area contributed by atoms with Gasteiger partial charge in [0.25, 0.3) is 0 Å². The van der Waals surface area contributed by atoms with Crippen LogP contribution >= 0.6 is 11.3 Å². The summed E-state index contributed by atoms with van der Waals surface area (Å²) in [6.07, 6.45) is -0.481. The standard InChI is InChI=1S/C49H55N5O6S/c1-6-40(34-13-9-7-10-14-34)44(35-15-11-8-12-16-35)36-21-23-39(24-22-36)60-26-25-50-42(56)28-43(57)53-46(49(3,4)5)48(59)54-30-38(55)27-41(54)47(58)51-29-33-17-19-37(20-18-33)45-32(2)52-31-61-45/h7-24,31,38,41,46,55H,6,25-30H2,1-5H3,(H,50,56)(H,51,58)(H,53,57)/b44-40-/t38-,41+,46-/m1/s1. The molecular formula is C49H55N5O6S. The molecule has 0 bridgehead atoms. The van der Waals surface area contributed by atoms with Crippen molar-refractivity contribution < 1.29 is 29.0 Å². The van der Waals surface area contributed by atoms with E-state index in [0.717, 1.165) is 44.8 Å². The molecule has 11 nitrogen and oxygen atoms in total. The molecular weight excluding hydrogens is 787 g/mol. The molecule has 1 aromatic heterocycles. The fraction of sp³-hybridized carbons (Fsp3) is 0.327. The number of nitrogens with one attached hydrogen (secondary N) is 3. The lowest BCUT2D eigenvalue weighted by Crippen LogP contribution is -2.58. The number of benzene rings is 4. The second kappa shape index (κ2) is 20.4. The number of thiazole rings is 1. The lowest BCUT2D eigenvalue weighted by atomic mass is 9.85. The molecule has 61 heavy (non-hydrogen) atoms. The number of aliphatic hydroxyl groups excluding tert-OH is 1. The molecule has 4 N–H and O–H groups in total. The van der Waals surface area contributed by atoms with Gasteiger partial charge in [0.15, 0.2) is 0 Å². The van der Waals surface area contributed by atoms with Crippen LogP contribution in [0.2, 0.25) is 0 Å². The molecule has 1 aliphatic heterocycles. The van der Waals surface area contributed by atoms with Gasteiger partial charge in [-0.3, -0.25) is 19.2 Å². The van der Waals surface area contributed by atoms with Gasteiger partial charge in [0.05, 0.1) is 28.7 Å². The third-order valence-corrected chi connectivity index (χ3v) is 11.7. The van der Waals surface area contributed by atoms with Gasteiger partial charge in [-0.25, -0.2) is 4.98 Å². The Morgan fingerprint density at radius 2 is 1.49 bits per heavy atom. The van der Waals surface area contributed by atoms with Crippen LogP contribution in [0.4, 0.5) is 0 Å². The number of rotatable bonds is 16. The Balaban J connectivity index is 0.994. The summed E-state index contributed by atoms with van der Waals surface area (Å²) in [5, 5.41) is 18.9. The van der Waals surface area contributed by atoms with Gasteiger partial charge < -0.3 is 30.7 Å². The number of aromatic nitrogens is 1. The molecule has 0 spiro atoms. The third kappa shape index (κ3) is 11.6. The van der Waals surface area contributed by atoms with Crippen LogP contribution in [0, 0.1) is 12.3 Å². The zero-order valence-corrected chi connectivity index (χ0v) is 36.3. The Hall–Kier alpha value is -6.11. The number of carbonyl (C=O) groups excluding carboxylic acids is 4. The van der Waals surface area contributed by atoms with Crippen LogP contribution in [-0.4, -0.2) is 76.5 Å². The SMILES string of the molecule is CC/C(=C(\c1ccccc1)c1ccc(OCCNC(=O)CC(=O)N[C@H](C(=O)N2C[C@H](O)C[C@H]2C(=O)NCc2ccc(-c3scnc3C)cc2)C(C)(C)C)cc1)c1ccccc1.